The quantitative estimate of drug-likeness (QED) is 0.551. The Bertz CT molecular complexity index is 197. The highest BCUT2D eigenvalue weighted by molar-refractivity contribution is 5.36. The Kier molecular flexibility index (Phi) is 2.28. The van der Waals surface area contributed by atoms with Gasteiger partial charge in [0, 0.05) is 12.2 Å². The molecule has 0 aliphatic rings. The highest BCUT2D eigenvalue weighted by Crippen LogP contribution is 2.07. The van der Waals surface area contributed by atoms with Crippen molar-refractivity contribution in [1.82, 2.24) is 10.2 Å². The van der Waals surface area contributed by atoms with E-state index in [1.807, 2.05) is 0 Å². The van der Waals surface area contributed by atoms with E-state index < -0.39 is 0 Å². The first-order valence-corrected chi connectivity index (χ1v) is 3.23. The highest BCUT2D eigenvalue weighted by Gasteiger charge is 1.98. The number of aromatic nitrogens is 2. The maximum Gasteiger partial charge on any atom is 0.121 e. The number of aromatic amines is 1. The normalized spacial score (nSPS) is 10.1. The van der Waals surface area contributed by atoms with Gasteiger partial charge in [-0.3, -0.25) is 5.10 Å². The summed E-state index contributed by atoms with van der Waals surface area (Å²) in [5.74, 6) is 0.605. The molecule has 0 fully saturated rings. The van der Waals surface area contributed by atoms with Crippen molar-refractivity contribution in [1.29, 1.82) is 0 Å². The smallest absolute Gasteiger partial charge is 0.121 e. The lowest BCUT2D eigenvalue weighted by Crippen LogP contribution is -1.93. The summed E-state index contributed by atoms with van der Waals surface area (Å²) in [6.07, 6.45) is 3.22. The fourth-order valence-electron chi connectivity index (χ4n) is 0.790. The fraction of sp³-hybridized carbons (Fsp3) is 0.500. The van der Waals surface area contributed by atoms with E-state index in [2.05, 4.69) is 10.2 Å². The Hall–Kier alpha value is -1.03. The number of nitrogens with one attached hydrogen (secondary N) is 1. The molecule has 4 nitrogen and oxygen atoms in total. The van der Waals surface area contributed by atoms with Crippen LogP contribution in [0.2, 0.25) is 0 Å². The molecule has 0 spiro atoms. The first-order chi connectivity index (χ1) is 4.84. The molecule has 56 valence electrons. The van der Waals surface area contributed by atoms with Crippen molar-refractivity contribution >= 4 is 5.82 Å². The molecular formula is C6H11N3O. The van der Waals surface area contributed by atoms with E-state index in [0.717, 1.165) is 18.4 Å². The van der Waals surface area contributed by atoms with Crippen molar-refractivity contribution in [2.75, 3.05) is 12.3 Å². The van der Waals surface area contributed by atoms with Crippen LogP contribution in [0.15, 0.2) is 6.20 Å². The maximum absolute atomic E-state index is 8.48. The molecule has 0 amide bonds. The molecule has 0 radical (unpaired) electrons. The van der Waals surface area contributed by atoms with Crippen molar-refractivity contribution in [2.24, 2.45) is 0 Å². The molecule has 0 aliphatic heterocycles. The van der Waals surface area contributed by atoms with E-state index >= 15 is 0 Å². The van der Waals surface area contributed by atoms with Gasteiger partial charge in [0.15, 0.2) is 0 Å². The van der Waals surface area contributed by atoms with Crippen molar-refractivity contribution in [3.05, 3.63) is 11.8 Å². The molecule has 0 aromatic carbocycles. The molecule has 0 saturated carbocycles. The van der Waals surface area contributed by atoms with Crippen molar-refractivity contribution in [3.63, 3.8) is 0 Å². The molecule has 1 aromatic heterocycles. The largest absolute Gasteiger partial charge is 0.396 e. The van der Waals surface area contributed by atoms with Gasteiger partial charge in [-0.2, -0.15) is 5.10 Å². The number of nitrogen functional groups attached to an aromatic ring is 1. The number of H-pyrrole nitrogens is 1. The standard InChI is InChI=1S/C6H11N3O/c7-6-5(2-1-3-10)4-8-9-6/h4,10H,1-3H2,(H3,7,8,9). The Balaban J connectivity index is 2.49. The molecule has 0 unspecified atom stereocenters. The van der Waals surface area contributed by atoms with E-state index in [1.54, 1.807) is 6.20 Å². The average Bonchev–Trinajstić information content (AvgIpc) is 2.31. The molecule has 0 bridgehead atoms. The minimum atomic E-state index is 0.199. The average molecular weight is 141 g/mol. The van der Waals surface area contributed by atoms with E-state index in [9.17, 15) is 0 Å². The van der Waals surface area contributed by atoms with Crippen LogP contribution in [-0.4, -0.2) is 21.9 Å². The number of nitrogens with two attached hydrogens (primary N) is 1. The van der Waals surface area contributed by atoms with Crippen molar-refractivity contribution < 1.29 is 5.11 Å². The zero-order chi connectivity index (χ0) is 7.40. The van der Waals surface area contributed by atoms with Gasteiger partial charge in [-0.1, -0.05) is 0 Å². The number of nitrogens with zero attached hydrogens (tertiary/aromatic N) is 1. The van der Waals surface area contributed by atoms with Crippen LogP contribution in [-0.2, 0) is 6.42 Å². The first-order valence-electron chi connectivity index (χ1n) is 3.23. The van der Waals surface area contributed by atoms with E-state index in [-0.39, 0.29) is 6.61 Å². The van der Waals surface area contributed by atoms with Gasteiger partial charge in [-0.05, 0) is 12.8 Å². The molecule has 0 aliphatic carbocycles. The Morgan fingerprint density at radius 2 is 2.50 bits per heavy atom. The topological polar surface area (TPSA) is 74.9 Å². The molecule has 1 aromatic rings. The Morgan fingerprint density at radius 1 is 1.70 bits per heavy atom. The lowest BCUT2D eigenvalue weighted by molar-refractivity contribution is 0.288. The van der Waals surface area contributed by atoms with Crippen LogP contribution < -0.4 is 5.73 Å². The number of aliphatic hydroxyl groups is 1. The Morgan fingerprint density at radius 3 is 3.00 bits per heavy atom. The summed E-state index contributed by atoms with van der Waals surface area (Å²) in [5, 5.41) is 14.9. The zero-order valence-electron chi connectivity index (χ0n) is 5.67. The molecule has 0 atom stereocenters. The lowest BCUT2D eigenvalue weighted by atomic mass is 10.2. The number of hydrogen-bond donors (Lipinski definition) is 3. The third kappa shape index (κ3) is 1.48. The van der Waals surface area contributed by atoms with Gasteiger partial charge in [0.05, 0.1) is 6.20 Å². The Labute approximate surface area is 59.1 Å². The molecule has 4 N–H and O–H groups in total. The summed E-state index contributed by atoms with van der Waals surface area (Å²) in [6.45, 7) is 0.199. The van der Waals surface area contributed by atoms with Crippen LogP contribution in [0.1, 0.15) is 12.0 Å². The van der Waals surface area contributed by atoms with Crippen LogP contribution in [0.25, 0.3) is 0 Å². The van der Waals surface area contributed by atoms with Gasteiger partial charge in [0.25, 0.3) is 0 Å². The number of aliphatic hydroxyl groups excluding tert-OH is 1. The summed E-state index contributed by atoms with van der Waals surface area (Å²) in [5.41, 5.74) is 6.46. The van der Waals surface area contributed by atoms with Crippen LogP contribution in [0.5, 0.6) is 0 Å². The third-order valence-corrected chi connectivity index (χ3v) is 1.36. The second-order valence-corrected chi connectivity index (χ2v) is 2.14. The summed E-state index contributed by atoms with van der Waals surface area (Å²) in [4.78, 5) is 0. The number of anilines is 1. The number of rotatable bonds is 3. The number of hydrogen-bond acceptors (Lipinski definition) is 3. The minimum absolute atomic E-state index is 0.199. The number of aryl methyl sites for hydroxylation is 1. The van der Waals surface area contributed by atoms with E-state index in [0.29, 0.717) is 5.82 Å². The van der Waals surface area contributed by atoms with Gasteiger partial charge in [-0.25, -0.2) is 0 Å². The van der Waals surface area contributed by atoms with Gasteiger partial charge < -0.3 is 10.8 Å². The van der Waals surface area contributed by atoms with Crippen molar-refractivity contribution in [2.45, 2.75) is 12.8 Å². The van der Waals surface area contributed by atoms with Gasteiger partial charge in [0.2, 0.25) is 0 Å². The second kappa shape index (κ2) is 3.22. The van der Waals surface area contributed by atoms with Crippen LogP contribution in [0, 0.1) is 0 Å². The molecular weight excluding hydrogens is 130 g/mol. The van der Waals surface area contributed by atoms with E-state index in [4.69, 9.17) is 10.8 Å². The molecule has 10 heavy (non-hydrogen) atoms. The zero-order valence-corrected chi connectivity index (χ0v) is 5.67. The summed E-state index contributed by atoms with van der Waals surface area (Å²) in [6, 6.07) is 0. The van der Waals surface area contributed by atoms with E-state index in [1.165, 1.54) is 0 Å². The molecule has 0 saturated heterocycles. The predicted octanol–water partition coefficient (Wildman–Crippen LogP) is -0.0832. The summed E-state index contributed by atoms with van der Waals surface area (Å²) >= 11 is 0. The third-order valence-electron chi connectivity index (χ3n) is 1.36. The fourth-order valence-corrected chi connectivity index (χ4v) is 0.790. The maximum atomic E-state index is 8.48. The molecule has 4 heteroatoms. The summed E-state index contributed by atoms with van der Waals surface area (Å²) < 4.78 is 0. The lowest BCUT2D eigenvalue weighted by Gasteiger charge is -1.93. The van der Waals surface area contributed by atoms with Crippen molar-refractivity contribution in [3.8, 4) is 0 Å². The highest BCUT2D eigenvalue weighted by atomic mass is 16.2. The van der Waals surface area contributed by atoms with Gasteiger partial charge >= 0.3 is 0 Å². The van der Waals surface area contributed by atoms with Crippen LogP contribution in [0.3, 0.4) is 0 Å². The van der Waals surface area contributed by atoms with Gasteiger partial charge in [0.1, 0.15) is 5.82 Å². The SMILES string of the molecule is Nc1[nH]ncc1CCCO. The van der Waals surface area contributed by atoms with Crippen LogP contribution in [0.4, 0.5) is 5.82 Å². The monoisotopic (exact) mass is 141 g/mol. The van der Waals surface area contributed by atoms with Gasteiger partial charge in [-0.15, -0.1) is 0 Å². The second-order valence-electron chi connectivity index (χ2n) is 2.14. The predicted molar refractivity (Wildman–Crippen MR) is 38.4 cm³/mol. The molecule has 1 rings (SSSR count). The molecule has 1 heterocycles. The first kappa shape index (κ1) is 7.08. The van der Waals surface area contributed by atoms with Crippen LogP contribution >= 0.6 is 0 Å². The summed E-state index contributed by atoms with van der Waals surface area (Å²) in [7, 11) is 0. The minimum Gasteiger partial charge on any atom is -0.396 e.